The number of rotatable bonds is 5. The molecule has 0 heterocycles. The molecule has 1 unspecified atom stereocenters. The lowest BCUT2D eigenvalue weighted by Crippen LogP contribution is -2.44. The van der Waals surface area contributed by atoms with Crippen molar-refractivity contribution in [1.82, 2.24) is 10.0 Å². The van der Waals surface area contributed by atoms with E-state index < -0.39 is 22.0 Å². The third kappa shape index (κ3) is 3.84. The first-order chi connectivity index (χ1) is 9.19. The molecule has 0 fully saturated rings. The lowest BCUT2D eigenvalue weighted by Gasteiger charge is -2.15. The normalized spacial score (nSPS) is 13.0. The van der Waals surface area contributed by atoms with E-state index in [9.17, 15) is 13.2 Å². The molecule has 0 bridgehead atoms. The van der Waals surface area contributed by atoms with E-state index in [1.807, 2.05) is 0 Å². The zero-order chi connectivity index (χ0) is 15.5. The first-order valence-corrected chi connectivity index (χ1v) is 7.90. The van der Waals surface area contributed by atoms with Gasteiger partial charge in [0.25, 0.3) is 0 Å². The summed E-state index contributed by atoms with van der Waals surface area (Å²) in [5, 5.41) is 2.79. The topological polar surface area (TPSA) is 101 Å². The molecule has 0 aromatic heterocycles. The van der Waals surface area contributed by atoms with Crippen LogP contribution in [0.1, 0.15) is 19.4 Å². The fourth-order valence-electron chi connectivity index (χ4n) is 1.51. The molecule has 1 rings (SSSR count). The number of halogens is 1. The number of nitrogen functional groups attached to an aromatic ring is 1. The molecule has 6 nitrogen and oxygen atoms in total. The molecule has 1 aromatic carbocycles. The Hall–Kier alpha value is -1.31. The molecule has 0 aliphatic carbocycles. The van der Waals surface area contributed by atoms with Crippen molar-refractivity contribution in [2.75, 3.05) is 12.3 Å². The Morgan fingerprint density at radius 1 is 1.45 bits per heavy atom. The van der Waals surface area contributed by atoms with Gasteiger partial charge in [-0.1, -0.05) is 11.6 Å². The van der Waals surface area contributed by atoms with Crippen LogP contribution in [0, 0.1) is 6.92 Å². The molecule has 0 radical (unpaired) electrons. The summed E-state index contributed by atoms with van der Waals surface area (Å²) in [4.78, 5) is 11.5. The highest BCUT2D eigenvalue weighted by Crippen LogP contribution is 2.25. The molecule has 1 aromatic rings. The Kier molecular flexibility index (Phi) is 5.38. The molecule has 20 heavy (non-hydrogen) atoms. The summed E-state index contributed by atoms with van der Waals surface area (Å²) in [6.45, 7) is 5.33. The number of anilines is 1. The minimum Gasteiger partial charge on any atom is -0.398 e. The van der Waals surface area contributed by atoms with Crippen molar-refractivity contribution >= 4 is 33.2 Å². The monoisotopic (exact) mass is 319 g/mol. The van der Waals surface area contributed by atoms with Crippen molar-refractivity contribution in [2.45, 2.75) is 31.7 Å². The number of amides is 1. The van der Waals surface area contributed by atoms with E-state index in [0.29, 0.717) is 12.1 Å². The highest BCUT2D eigenvalue weighted by Gasteiger charge is 2.22. The zero-order valence-electron chi connectivity index (χ0n) is 11.5. The van der Waals surface area contributed by atoms with Gasteiger partial charge in [0.05, 0.1) is 10.9 Å². The van der Waals surface area contributed by atoms with E-state index in [4.69, 9.17) is 17.3 Å². The standard InChI is InChI=1S/C12H18ClN3O3S/c1-4-15-12(17)8(3)16-20(18,19)9-5-10(13)7(2)11(14)6-9/h5-6,8,16H,4,14H2,1-3H3,(H,15,17). The van der Waals surface area contributed by atoms with Crippen molar-refractivity contribution in [1.29, 1.82) is 0 Å². The molecular weight excluding hydrogens is 302 g/mol. The largest absolute Gasteiger partial charge is 0.398 e. The van der Waals surface area contributed by atoms with Crippen LogP contribution in [0.5, 0.6) is 0 Å². The molecule has 1 amide bonds. The summed E-state index contributed by atoms with van der Waals surface area (Å²) in [5.74, 6) is -0.401. The van der Waals surface area contributed by atoms with Gasteiger partial charge >= 0.3 is 0 Å². The lowest BCUT2D eigenvalue weighted by atomic mass is 10.2. The van der Waals surface area contributed by atoms with Crippen LogP contribution in [0.2, 0.25) is 5.02 Å². The predicted molar refractivity (Wildman–Crippen MR) is 79.1 cm³/mol. The summed E-state index contributed by atoms with van der Waals surface area (Å²) in [6.07, 6.45) is 0. The maximum atomic E-state index is 12.2. The Labute approximate surface area is 123 Å². The van der Waals surface area contributed by atoms with Gasteiger partial charge in [-0.2, -0.15) is 4.72 Å². The van der Waals surface area contributed by atoms with Crippen molar-refractivity contribution in [3.63, 3.8) is 0 Å². The van der Waals surface area contributed by atoms with Gasteiger partial charge in [-0.05, 0) is 38.5 Å². The number of hydrogen-bond donors (Lipinski definition) is 3. The second kappa shape index (κ2) is 6.43. The van der Waals surface area contributed by atoms with Gasteiger partial charge in [-0.25, -0.2) is 8.42 Å². The Morgan fingerprint density at radius 2 is 2.05 bits per heavy atom. The van der Waals surface area contributed by atoms with Crippen molar-refractivity contribution in [3.05, 3.63) is 22.7 Å². The lowest BCUT2D eigenvalue weighted by molar-refractivity contribution is -0.122. The van der Waals surface area contributed by atoms with E-state index in [0.717, 1.165) is 0 Å². The molecule has 0 saturated carbocycles. The molecule has 4 N–H and O–H groups in total. The Morgan fingerprint density at radius 3 is 2.55 bits per heavy atom. The second-order valence-corrected chi connectivity index (χ2v) is 6.48. The van der Waals surface area contributed by atoms with Crippen LogP contribution in [0.25, 0.3) is 0 Å². The van der Waals surface area contributed by atoms with Gasteiger partial charge in [-0.3, -0.25) is 4.79 Å². The number of carbonyl (C=O) groups is 1. The molecule has 0 spiro atoms. The highest BCUT2D eigenvalue weighted by atomic mass is 35.5. The van der Waals surface area contributed by atoms with Gasteiger partial charge in [0, 0.05) is 17.3 Å². The third-order valence-electron chi connectivity index (χ3n) is 2.74. The van der Waals surface area contributed by atoms with Crippen LogP contribution in [0.15, 0.2) is 17.0 Å². The van der Waals surface area contributed by atoms with Crippen molar-refractivity contribution in [3.8, 4) is 0 Å². The van der Waals surface area contributed by atoms with Gasteiger partial charge in [0.1, 0.15) is 0 Å². The average Bonchev–Trinajstić information content (AvgIpc) is 2.35. The third-order valence-corrected chi connectivity index (χ3v) is 4.66. The second-order valence-electron chi connectivity index (χ2n) is 4.36. The first-order valence-electron chi connectivity index (χ1n) is 6.04. The summed E-state index contributed by atoms with van der Waals surface area (Å²) in [7, 11) is -3.86. The number of nitrogens with two attached hydrogens (primary N) is 1. The van der Waals surface area contributed by atoms with E-state index in [2.05, 4.69) is 10.0 Å². The molecule has 8 heteroatoms. The molecule has 1 atom stereocenters. The smallest absolute Gasteiger partial charge is 0.241 e. The van der Waals surface area contributed by atoms with Crippen LogP contribution in [0.4, 0.5) is 5.69 Å². The zero-order valence-corrected chi connectivity index (χ0v) is 13.1. The summed E-state index contributed by atoms with van der Waals surface area (Å²) in [5.41, 5.74) is 6.59. The quantitative estimate of drug-likeness (QED) is 0.706. The van der Waals surface area contributed by atoms with Crippen LogP contribution in [-0.2, 0) is 14.8 Å². The average molecular weight is 320 g/mol. The SMILES string of the molecule is CCNC(=O)C(C)NS(=O)(=O)c1cc(N)c(C)c(Cl)c1. The minimum absolute atomic E-state index is 0.0678. The van der Waals surface area contributed by atoms with Crippen LogP contribution in [0.3, 0.4) is 0 Å². The van der Waals surface area contributed by atoms with Crippen LogP contribution < -0.4 is 15.8 Å². The van der Waals surface area contributed by atoms with Crippen LogP contribution in [-0.4, -0.2) is 26.9 Å². The minimum atomic E-state index is -3.86. The number of carbonyl (C=O) groups excluding carboxylic acids is 1. The molecular formula is C12H18ClN3O3S. The molecule has 112 valence electrons. The van der Waals surface area contributed by atoms with E-state index in [1.165, 1.54) is 19.1 Å². The first kappa shape index (κ1) is 16.7. The van der Waals surface area contributed by atoms with E-state index in [1.54, 1.807) is 13.8 Å². The van der Waals surface area contributed by atoms with Gasteiger partial charge < -0.3 is 11.1 Å². The molecule has 0 aliphatic rings. The fraction of sp³-hybridized carbons (Fsp3) is 0.417. The van der Waals surface area contributed by atoms with Crippen LogP contribution >= 0.6 is 11.6 Å². The summed E-state index contributed by atoms with van der Waals surface area (Å²) in [6, 6.07) is 1.73. The Balaban J connectivity index is 3.03. The van der Waals surface area contributed by atoms with Gasteiger partial charge in [0.2, 0.25) is 15.9 Å². The number of nitrogens with one attached hydrogen (secondary N) is 2. The van der Waals surface area contributed by atoms with Crippen molar-refractivity contribution < 1.29 is 13.2 Å². The Bertz CT molecular complexity index is 593. The molecule has 0 aliphatic heterocycles. The van der Waals surface area contributed by atoms with Gasteiger partial charge in [-0.15, -0.1) is 0 Å². The number of likely N-dealkylation sites (N-methyl/N-ethyl adjacent to an activating group) is 1. The summed E-state index contributed by atoms with van der Waals surface area (Å²) >= 11 is 5.92. The highest BCUT2D eigenvalue weighted by molar-refractivity contribution is 7.89. The van der Waals surface area contributed by atoms with E-state index in [-0.39, 0.29) is 15.6 Å². The number of hydrogen-bond acceptors (Lipinski definition) is 4. The molecule has 0 saturated heterocycles. The maximum absolute atomic E-state index is 12.2. The number of benzene rings is 1. The van der Waals surface area contributed by atoms with E-state index >= 15 is 0 Å². The predicted octanol–water partition coefficient (Wildman–Crippen LogP) is 1.03. The maximum Gasteiger partial charge on any atom is 0.241 e. The fourth-order valence-corrected chi connectivity index (χ4v) is 3.07. The van der Waals surface area contributed by atoms with Gasteiger partial charge in [0.15, 0.2) is 0 Å². The summed E-state index contributed by atoms with van der Waals surface area (Å²) < 4.78 is 26.6. The van der Waals surface area contributed by atoms with Crippen molar-refractivity contribution in [2.24, 2.45) is 0 Å². The number of sulfonamides is 1.